The number of ether oxygens (including phenoxy) is 3. The van der Waals surface area contributed by atoms with E-state index in [1.165, 1.54) is 22.0 Å². The maximum atomic E-state index is 14.1. The van der Waals surface area contributed by atoms with Crippen molar-refractivity contribution in [1.29, 1.82) is 0 Å². The van der Waals surface area contributed by atoms with Gasteiger partial charge in [-0.2, -0.15) is 0 Å². The van der Waals surface area contributed by atoms with Gasteiger partial charge >= 0.3 is 5.97 Å². The molecule has 0 saturated heterocycles. The molecule has 5 rings (SSSR count). The van der Waals surface area contributed by atoms with Crippen LogP contribution in [0.2, 0.25) is 0 Å². The smallest absolute Gasteiger partial charge is 0.338 e. The normalized spacial score (nSPS) is 14.8. The Morgan fingerprint density at radius 3 is 2.50 bits per heavy atom. The second-order valence-corrected chi connectivity index (χ2v) is 12.0. The topological polar surface area (TPSA) is 79.1 Å². The highest BCUT2D eigenvalue weighted by molar-refractivity contribution is 9.11. The zero-order chi connectivity index (χ0) is 30.0. The first kappa shape index (κ1) is 29.9. The molecule has 1 atom stereocenters. The molecule has 1 aliphatic heterocycles. The first-order valence-corrected chi connectivity index (χ1v) is 15.3. The lowest BCUT2D eigenvalue weighted by molar-refractivity contribution is -0.139. The summed E-state index contributed by atoms with van der Waals surface area (Å²) in [4.78, 5) is 32.2. The summed E-state index contributed by atoms with van der Waals surface area (Å²) in [6.07, 6.45) is 1.75. The molecule has 4 aromatic rings. The van der Waals surface area contributed by atoms with E-state index in [1.54, 1.807) is 51.3 Å². The number of nitrogens with zero attached hydrogens (tertiary/aromatic N) is 2. The van der Waals surface area contributed by atoms with Crippen LogP contribution in [0, 0.1) is 5.82 Å². The van der Waals surface area contributed by atoms with Gasteiger partial charge in [-0.1, -0.05) is 47.7 Å². The number of esters is 1. The van der Waals surface area contributed by atoms with E-state index in [0.29, 0.717) is 52.2 Å². The molecule has 3 aromatic carbocycles. The third-order valence-corrected chi connectivity index (χ3v) is 8.76. The van der Waals surface area contributed by atoms with Crippen LogP contribution in [0.4, 0.5) is 4.39 Å². The number of rotatable bonds is 8. The Morgan fingerprint density at radius 2 is 1.81 bits per heavy atom. The number of fused-ring (bicyclic) bond motifs is 1. The van der Waals surface area contributed by atoms with Crippen molar-refractivity contribution in [1.82, 2.24) is 4.57 Å². The molecule has 7 nitrogen and oxygen atoms in total. The minimum absolute atomic E-state index is 0.0485. The Kier molecular flexibility index (Phi) is 9.10. The number of hydrogen-bond acceptors (Lipinski definition) is 7. The van der Waals surface area contributed by atoms with Crippen molar-refractivity contribution in [3.8, 4) is 11.5 Å². The van der Waals surface area contributed by atoms with Crippen LogP contribution in [0.25, 0.3) is 6.08 Å². The fourth-order valence-corrected chi connectivity index (χ4v) is 7.19. The summed E-state index contributed by atoms with van der Waals surface area (Å²) in [6.45, 7) is 3.70. The zero-order valence-electron chi connectivity index (χ0n) is 22.8. The molecule has 0 fully saturated rings. The molecule has 0 N–H and O–H groups in total. The molecule has 0 saturated carbocycles. The van der Waals surface area contributed by atoms with E-state index in [9.17, 15) is 14.0 Å². The molecule has 0 unspecified atom stereocenters. The van der Waals surface area contributed by atoms with Gasteiger partial charge in [0.25, 0.3) is 5.56 Å². The molecule has 11 heteroatoms. The quantitative estimate of drug-likeness (QED) is 0.208. The SMILES string of the molecule is CCOC(=O)C1=C(C)N=c2sc(=Cc3cc(Br)c(OCc4ccccc4F)c(Br)c3)c(=O)n2[C@@H]1c1ccccc1OC. The highest BCUT2D eigenvalue weighted by Crippen LogP contribution is 2.37. The average Bonchev–Trinajstić information content (AvgIpc) is 3.26. The van der Waals surface area contributed by atoms with E-state index in [0.717, 1.165) is 0 Å². The molecule has 2 heterocycles. The summed E-state index contributed by atoms with van der Waals surface area (Å²) < 4.78 is 34.1. The number of hydrogen-bond donors (Lipinski definition) is 0. The van der Waals surface area contributed by atoms with Crippen LogP contribution in [-0.2, 0) is 16.1 Å². The molecule has 0 bridgehead atoms. The molecule has 42 heavy (non-hydrogen) atoms. The standard InChI is InChI=1S/C31H25Br2FN2O5S/c1-4-40-30(38)26-17(2)35-31-36(27(26)20-10-6-8-12-24(20)39-3)29(37)25(42-31)15-18-13-21(32)28(22(33)14-18)41-16-19-9-5-7-11-23(19)34/h5-15,27H,4,16H2,1-3H3/t27-/m1/s1. The van der Waals surface area contributed by atoms with Gasteiger partial charge in [0.05, 0.1) is 38.5 Å². The van der Waals surface area contributed by atoms with Gasteiger partial charge < -0.3 is 14.2 Å². The fourth-order valence-electron chi connectivity index (χ4n) is 4.70. The van der Waals surface area contributed by atoms with E-state index in [4.69, 9.17) is 14.2 Å². The molecule has 1 aliphatic rings. The highest BCUT2D eigenvalue weighted by atomic mass is 79.9. The van der Waals surface area contributed by atoms with Crippen LogP contribution in [0.5, 0.6) is 11.5 Å². The maximum absolute atomic E-state index is 14.1. The van der Waals surface area contributed by atoms with E-state index < -0.39 is 12.0 Å². The maximum Gasteiger partial charge on any atom is 0.338 e. The number of thiazole rings is 1. The van der Waals surface area contributed by atoms with Crippen molar-refractivity contribution in [2.24, 2.45) is 4.99 Å². The molecule has 1 aromatic heterocycles. The molecule has 0 amide bonds. The second-order valence-electron chi connectivity index (χ2n) is 9.24. The van der Waals surface area contributed by atoms with E-state index >= 15 is 0 Å². The lowest BCUT2D eigenvalue weighted by Crippen LogP contribution is -2.40. The Morgan fingerprint density at radius 1 is 1.12 bits per heavy atom. The summed E-state index contributed by atoms with van der Waals surface area (Å²) >= 11 is 8.31. The van der Waals surface area contributed by atoms with Gasteiger partial charge in [0.2, 0.25) is 0 Å². The predicted octanol–water partition coefficient (Wildman–Crippen LogP) is 6.05. The van der Waals surface area contributed by atoms with Crippen LogP contribution >= 0.6 is 43.2 Å². The lowest BCUT2D eigenvalue weighted by Gasteiger charge is -2.25. The minimum Gasteiger partial charge on any atom is -0.496 e. The lowest BCUT2D eigenvalue weighted by atomic mass is 9.95. The van der Waals surface area contributed by atoms with E-state index in [2.05, 4.69) is 36.9 Å². The number of halogens is 3. The van der Waals surface area contributed by atoms with Gasteiger partial charge in [-0.15, -0.1) is 0 Å². The molecule has 0 spiro atoms. The van der Waals surface area contributed by atoms with Crippen LogP contribution in [0.3, 0.4) is 0 Å². The largest absolute Gasteiger partial charge is 0.496 e. The summed E-state index contributed by atoms with van der Waals surface area (Å²) in [7, 11) is 1.54. The number of allylic oxidation sites excluding steroid dienone is 1. The van der Waals surface area contributed by atoms with Gasteiger partial charge in [0, 0.05) is 11.1 Å². The van der Waals surface area contributed by atoms with Crippen LogP contribution < -0.4 is 24.4 Å². The molecule has 0 radical (unpaired) electrons. The Labute approximate surface area is 261 Å². The van der Waals surface area contributed by atoms with Crippen molar-refractivity contribution in [2.75, 3.05) is 13.7 Å². The van der Waals surface area contributed by atoms with Gasteiger partial charge in [0.1, 0.15) is 30.0 Å². The summed E-state index contributed by atoms with van der Waals surface area (Å²) in [5.41, 5.74) is 2.24. The Balaban J connectivity index is 1.58. The first-order valence-electron chi connectivity index (χ1n) is 12.9. The Hall–Kier alpha value is -3.54. The zero-order valence-corrected chi connectivity index (χ0v) is 26.8. The highest BCUT2D eigenvalue weighted by Gasteiger charge is 2.35. The van der Waals surface area contributed by atoms with Gasteiger partial charge in [0.15, 0.2) is 4.80 Å². The first-order chi connectivity index (χ1) is 20.2. The number of aromatic nitrogens is 1. The predicted molar refractivity (Wildman–Crippen MR) is 166 cm³/mol. The number of para-hydroxylation sites is 1. The number of carbonyl (C=O) groups is 1. The molecular formula is C31H25Br2FN2O5S. The van der Waals surface area contributed by atoms with Crippen molar-refractivity contribution in [3.63, 3.8) is 0 Å². The minimum atomic E-state index is -0.786. The third kappa shape index (κ3) is 5.86. The summed E-state index contributed by atoms with van der Waals surface area (Å²) in [5.74, 6) is 0.155. The number of carbonyl (C=O) groups excluding carboxylic acids is 1. The monoisotopic (exact) mass is 714 g/mol. The van der Waals surface area contributed by atoms with Crippen LogP contribution in [0.15, 0.2) is 90.7 Å². The van der Waals surface area contributed by atoms with Crippen molar-refractivity contribution >= 4 is 55.2 Å². The van der Waals surface area contributed by atoms with Crippen molar-refractivity contribution < 1.29 is 23.4 Å². The fraction of sp³-hybridized carbons (Fsp3) is 0.194. The van der Waals surface area contributed by atoms with Crippen molar-refractivity contribution in [3.05, 3.63) is 123 Å². The van der Waals surface area contributed by atoms with Gasteiger partial charge in [-0.3, -0.25) is 9.36 Å². The van der Waals surface area contributed by atoms with Crippen LogP contribution in [-0.4, -0.2) is 24.3 Å². The van der Waals surface area contributed by atoms with Gasteiger partial charge in [-0.25, -0.2) is 14.2 Å². The van der Waals surface area contributed by atoms with E-state index in [1.807, 2.05) is 30.3 Å². The van der Waals surface area contributed by atoms with Crippen molar-refractivity contribution in [2.45, 2.75) is 26.5 Å². The van der Waals surface area contributed by atoms with Crippen LogP contribution in [0.1, 0.15) is 36.6 Å². The molecular weight excluding hydrogens is 691 g/mol. The number of methoxy groups -OCH3 is 1. The summed E-state index contributed by atoms with van der Waals surface area (Å²) in [5, 5.41) is 0. The molecule has 0 aliphatic carbocycles. The Bertz CT molecular complexity index is 1880. The molecule has 216 valence electrons. The number of benzene rings is 3. The summed E-state index contributed by atoms with van der Waals surface area (Å²) in [6, 6.07) is 16.5. The van der Waals surface area contributed by atoms with E-state index in [-0.39, 0.29) is 30.2 Å². The second kappa shape index (κ2) is 12.8. The average molecular weight is 716 g/mol. The van der Waals surface area contributed by atoms with Gasteiger partial charge in [-0.05, 0) is 81.6 Å². The third-order valence-electron chi connectivity index (χ3n) is 6.60.